The van der Waals surface area contributed by atoms with Gasteiger partial charge in [0.1, 0.15) is 11.5 Å². The minimum absolute atomic E-state index is 0.0943. The van der Waals surface area contributed by atoms with Crippen LogP contribution in [0.1, 0.15) is 52.3 Å². The summed E-state index contributed by atoms with van der Waals surface area (Å²) >= 11 is 0. The van der Waals surface area contributed by atoms with Crippen LogP contribution in [-0.2, 0) is 46.0 Å². The van der Waals surface area contributed by atoms with Crippen LogP contribution in [0.4, 0.5) is 21.6 Å². The second kappa shape index (κ2) is 10.4. The van der Waals surface area contributed by atoms with Crippen LogP contribution in [0.15, 0.2) is 47.4 Å². The molecule has 9 nitrogen and oxygen atoms in total. The van der Waals surface area contributed by atoms with Crippen molar-refractivity contribution in [3.8, 4) is 11.3 Å². The van der Waals surface area contributed by atoms with E-state index in [1.807, 2.05) is 18.2 Å². The summed E-state index contributed by atoms with van der Waals surface area (Å²) in [6, 6.07) is 10.6. The topological polar surface area (TPSA) is 95.6 Å². The number of carbonyl (C=O) groups is 1. The molecule has 10 heteroatoms. The van der Waals surface area contributed by atoms with Gasteiger partial charge in [0.05, 0.1) is 18.0 Å². The number of fused-ring (bicyclic) bond motifs is 4. The maximum absolute atomic E-state index is 15.3. The van der Waals surface area contributed by atoms with E-state index in [0.717, 1.165) is 38.0 Å². The molecule has 1 aliphatic carbocycles. The Kier molecular flexibility index (Phi) is 6.75. The van der Waals surface area contributed by atoms with E-state index in [1.54, 1.807) is 11.9 Å². The van der Waals surface area contributed by atoms with E-state index in [-0.39, 0.29) is 22.7 Å². The zero-order chi connectivity index (χ0) is 30.9. The van der Waals surface area contributed by atoms with E-state index >= 15 is 4.39 Å². The van der Waals surface area contributed by atoms with E-state index in [4.69, 9.17) is 0 Å². The van der Waals surface area contributed by atoms with Crippen LogP contribution < -0.4 is 15.8 Å². The van der Waals surface area contributed by atoms with Crippen LogP contribution in [0, 0.1) is 11.2 Å². The van der Waals surface area contributed by atoms with Gasteiger partial charge in [-0.3, -0.25) is 9.59 Å². The molecule has 0 bridgehead atoms. The monoisotopic (exact) mass is 596 g/mol. The first-order valence-corrected chi connectivity index (χ1v) is 15.1. The lowest BCUT2D eigenvalue weighted by molar-refractivity contribution is 0.0963. The number of aryl methyl sites for hydroxylation is 1. The van der Waals surface area contributed by atoms with E-state index in [9.17, 15) is 14.7 Å². The fourth-order valence-electron chi connectivity index (χ4n) is 7.12. The minimum atomic E-state index is -0.560. The van der Waals surface area contributed by atoms with Gasteiger partial charge in [-0.05, 0) is 78.7 Å². The predicted molar refractivity (Wildman–Crippen MR) is 168 cm³/mol. The van der Waals surface area contributed by atoms with Crippen molar-refractivity contribution < 1.29 is 14.3 Å². The molecule has 2 N–H and O–H groups in total. The Morgan fingerprint density at radius 1 is 1.00 bits per heavy atom. The Balaban J connectivity index is 1.25. The van der Waals surface area contributed by atoms with E-state index < -0.39 is 12.4 Å². The van der Waals surface area contributed by atoms with Crippen LogP contribution >= 0.6 is 0 Å². The van der Waals surface area contributed by atoms with Crippen LogP contribution in [0.25, 0.3) is 11.3 Å². The van der Waals surface area contributed by atoms with Gasteiger partial charge in [0.25, 0.3) is 11.5 Å². The van der Waals surface area contributed by atoms with Gasteiger partial charge in [-0.25, -0.2) is 9.37 Å². The van der Waals surface area contributed by atoms with Crippen molar-refractivity contribution >= 4 is 23.1 Å². The Hall–Kier alpha value is -4.28. The van der Waals surface area contributed by atoms with Gasteiger partial charge in [-0.2, -0.15) is 0 Å². The van der Waals surface area contributed by atoms with Gasteiger partial charge in [-0.15, -0.1) is 0 Å². The highest BCUT2D eigenvalue weighted by molar-refractivity contribution is 6.07. The average molecular weight is 597 g/mol. The van der Waals surface area contributed by atoms with E-state index in [0.29, 0.717) is 41.3 Å². The summed E-state index contributed by atoms with van der Waals surface area (Å²) in [5.74, 6) is -0.684. The highest BCUT2D eigenvalue weighted by Gasteiger charge is 2.37. The molecule has 3 aliphatic rings. The van der Waals surface area contributed by atoms with Crippen LogP contribution in [0.3, 0.4) is 0 Å². The number of aliphatic hydroxyl groups is 1. The summed E-state index contributed by atoms with van der Waals surface area (Å²) in [5.41, 5.74) is 7.39. The third kappa shape index (κ3) is 4.82. The number of carbonyl (C=O) groups excluding carboxylic acids is 1. The summed E-state index contributed by atoms with van der Waals surface area (Å²) in [7, 11) is 3.71. The van der Waals surface area contributed by atoms with Crippen molar-refractivity contribution in [1.82, 2.24) is 19.0 Å². The highest BCUT2D eigenvalue weighted by atomic mass is 19.1. The third-order valence-corrected chi connectivity index (χ3v) is 9.28. The minimum Gasteiger partial charge on any atom is -0.392 e. The van der Waals surface area contributed by atoms with Crippen LogP contribution in [0.2, 0.25) is 0 Å². The Morgan fingerprint density at radius 3 is 2.61 bits per heavy atom. The normalized spacial score (nSPS) is 17.4. The number of likely N-dealkylation sites (N-methyl/N-ethyl adjacent to an activating group) is 1. The molecule has 7 rings (SSSR count). The number of anilines is 3. The molecule has 2 aromatic carbocycles. The molecule has 0 fully saturated rings. The largest absolute Gasteiger partial charge is 0.392 e. The molecule has 0 radical (unpaired) electrons. The first-order chi connectivity index (χ1) is 21.0. The molecule has 2 aliphatic heterocycles. The summed E-state index contributed by atoms with van der Waals surface area (Å²) in [6.45, 7) is 6.81. The molecule has 4 heterocycles. The quantitative estimate of drug-likeness (QED) is 0.355. The third-order valence-electron chi connectivity index (χ3n) is 9.28. The molecule has 0 saturated carbocycles. The summed E-state index contributed by atoms with van der Waals surface area (Å²) in [4.78, 5) is 35.4. The molecular weight excluding hydrogens is 559 g/mol. The van der Waals surface area contributed by atoms with Crippen molar-refractivity contribution in [2.24, 2.45) is 12.5 Å². The highest BCUT2D eigenvalue weighted by Crippen LogP contribution is 2.40. The number of nitrogens with zero attached hydrogens (tertiary/aromatic N) is 5. The molecule has 2 aromatic heterocycles. The molecule has 44 heavy (non-hydrogen) atoms. The Morgan fingerprint density at radius 2 is 1.82 bits per heavy atom. The van der Waals surface area contributed by atoms with Crippen LogP contribution in [0.5, 0.6) is 0 Å². The standard InChI is InChI=1S/C34H37FN6O3/c1-34(2)15-22-12-29-32(43)41(10-9-40(29)30(22)16-34)28-14-23(35)13-25(26(28)19-42)27-18-39(4)33(44)31(37-27)36-24-6-5-21-17-38(3)8-7-20(21)11-24/h5-6,11-14,18,42H,7-10,15-17,19H2,1-4H3,(H,36,37). The lowest BCUT2D eigenvalue weighted by Gasteiger charge is -2.32. The van der Waals surface area contributed by atoms with Crippen molar-refractivity contribution in [3.63, 3.8) is 0 Å². The number of amides is 1. The van der Waals surface area contributed by atoms with E-state index in [1.165, 1.54) is 45.3 Å². The number of aliphatic hydroxyl groups excluding tert-OH is 1. The lowest BCUT2D eigenvalue weighted by Crippen LogP contribution is -2.41. The molecule has 0 atom stereocenters. The summed E-state index contributed by atoms with van der Waals surface area (Å²) in [6.07, 6.45) is 4.28. The van der Waals surface area contributed by atoms with Crippen LogP contribution in [-0.4, -0.2) is 50.2 Å². The van der Waals surface area contributed by atoms with Crippen molar-refractivity contribution in [2.75, 3.05) is 30.4 Å². The fourth-order valence-corrected chi connectivity index (χ4v) is 7.12. The number of benzene rings is 2. The van der Waals surface area contributed by atoms with Gasteiger partial charge in [0, 0.05) is 61.9 Å². The Bertz CT molecular complexity index is 1890. The number of nitrogens with one attached hydrogen (secondary N) is 1. The first kappa shape index (κ1) is 28.5. The smallest absolute Gasteiger partial charge is 0.293 e. The van der Waals surface area contributed by atoms with Gasteiger partial charge >= 0.3 is 0 Å². The maximum Gasteiger partial charge on any atom is 0.293 e. The fraction of sp³-hybridized carbons (Fsp3) is 0.382. The van der Waals surface area contributed by atoms with Gasteiger partial charge < -0.3 is 29.4 Å². The zero-order valence-electron chi connectivity index (χ0n) is 25.6. The number of halogens is 1. The number of rotatable bonds is 5. The first-order valence-electron chi connectivity index (χ1n) is 15.1. The molecule has 0 saturated heterocycles. The summed E-state index contributed by atoms with van der Waals surface area (Å²) in [5, 5.41) is 13.8. The average Bonchev–Trinajstić information content (AvgIpc) is 3.47. The number of hydrogen-bond acceptors (Lipinski definition) is 6. The maximum atomic E-state index is 15.3. The molecule has 0 spiro atoms. The molecule has 1 amide bonds. The predicted octanol–water partition coefficient (Wildman–Crippen LogP) is 4.40. The van der Waals surface area contributed by atoms with Crippen molar-refractivity contribution in [2.45, 2.75) is 52.8 Å². The van der Waals surface area contributed by atoms with Gasteiger partial charge in [-0.1, -0.05) is 19.9 Å². The second-order valence-corrected chi connectivity index (χ2v) is 13.2. The van der Waals surface area contributed by atoms with Crippen molar-refractivity contribution in [3.05, 3.63) is 92.4 Å². The molecule has 228 valence electrons. The molecular formula is C34H37FN6O3. The number of aromatic nitrogens is 3. The van der Waals surface area contributed by atoms with E-state index in [2.05, 4.69) is 46.7 Å². The van der Waals surface area contributed by atoms with Gasteiger partial charge in [0.15, 0.2) is 5.82 Å². The van der Waals surface area contributed by atoms with Crippen molar-refractivity contribution in [1.29, 1.82) is 0 Å². The summed E-state index contributed by atoms with van der Waals surface area (Å²) < 4.78 is 18.8. The molecule has 4 aromatic rings. The Labute approximate surface area is 255 Å². The lowest BCUT2D eigenvalue weighted by atomic mass is 9.90. The SMILES string of the molecule is CN1CCc2cc(Nc3nc(-c4cc(F)cc(N5CCn6c(cc7c6CC(C)(C)C7)C5=O)c4CO)cn(C)c3=O)ccc2C1. The zero-order valence-corrected chi connectivity index (χ0v) is 25.6. The second-order valence-electron chi connectivity index (χ2n) is 13.2. The number of hydrogen-bond donors (Lipinski definition) is 2. The molecule has 0 unspecified atom stereocenters. The van der Waals surface area contributed by atoms with Gasteiger partial charge in [0.2, 0.25) is 0 Å².